The molecule has 0 radical (unpaired) electrons. The number of sulfonamides is 1. The van der Waals surface area contributed by atoms with Crippen LogP contribution in [0.25, 0.3) is 28.0 Å². The maximum absolute atomic E-state index is 13.7. The Morgan fingerprint density at radius 2 is 1.73 bits per heavy atom. The molecule has 1 amide bonds. The Kier molecular flexibility index (Phi) is 6.97. The van der Waals surface area contributed by atoms with E-state index in [0.717, 1.165) is 30.0 Å². The van der Waals surface area contributed by atoms with E-state index in [0.29, 0.717) is 32.4 Å². The van der Waals surface area contributed by atoms with Crippen molar-refractivity contribution >= 4 is 44.8 Å². The summed E-state index contributed by atoms with van der Waals surface area (Å²) in [7, 11) is -1.00. The van der Waals surface area contributed by atoms with E-state index in [4.69, 9.17) is 23.2 Å². The lowest BCUT2D eigenvalue weighted by Crippen LogP contribution is -2.33. The molecule has 0 unspecified atom stereocenters. The zero-order valence-electron chi connectivity index (χ0n) is 20.3. The first-order valence-corrected chi connectivity index (χ1v) is 14.0. The van der Waals surface area contributed by atoms with Crippen LogP contribution in [0, 0.1) is 0 Å². The topological polar surface area (TPSA) is 96.7 Å². The molecule has 8 nitrogen and oxygen atoms in total. The van der Waals surface area contributed by atoms with Gasteiger partial charge in [0.15, 0.2) is 10.7 Å². The Balaban J connectivity index is 1.86. The van der Waals surface area contributed by atoms with Gasteiger partial charge in [-0.05, 0) is 31.0 Å². The molecule has 2 heterocycles. The highest BCUT2D eigenvalue weighted by atomic mass is 35.5. The predicted molar refractivity (Wildman–Crippen MR) is 144 cm³/mol. The molecular formula is C26H25Cl2N5O3S. The zero-order chi connectivity index (χ0) is 26.3. The Hall–Kier alpha value is -2.98. The monoisotopic (exact) mass is 557 g/mol. The van der Waals surface area contributed by atoms with Crippen molar-refractivity contribution < 1.29 is 13.2 Å². The van der Waals surface area contributed by atoms with Gasteiger partial charge < -0.3 is 5.32 Å². The number of benzene rings is 2. The highest BCUT2D eigenvalue weighted by Gasteiger charge is 2.29. The zero-order valence-corrected chi connectivity index (χ0v) is 22.6. The number of hydrogen-bond donors (Lipinski definition) is 1. The largest absolute Gasteiger partial charge is 0.348 e. The van der Waals surface area contributed by atoms with E-state index in [1.807, 2.05) is 6.07 Å². The summed E-state index contributed by atoms with van der Waals surface area (Å²) >= 11 is 12.8. The van der Waals surface area contributed by atoms with E-state index < -0.39 is 10.0 Å². The van der Waals surface area contributed by atoms with Crippen LogP contribution in [0.15, 0.2) is 59.6 Å². The standard InChI is InChI=1S/C26H25Cl2N5O3S/c1-32(2)37(35,36)22-15-21-30-24(26(34)29-18-7-3-4-8-18)23(19-9-5-6-10-20(19)28)25(33(21)31-22)16-11-13-17(27)14-12-16/h5-6,9-15,18H,3-4,7-8H2,1-2H3,(H,29,34). The number of nitrogens with zero attached hydrogens (tertiary/aromatic N) is 4. The van der Waals surface area contributed by atoms with Gasteiger partial charge in [-0.15, -0.1) is 0 Å². The second-order valence-corrected chi connectivity index (χ2v) is 12.1. The number of aromatic nitrogens is 3. The first kappa shape index (κ1) is 25.7. The van der Waals surface area contributed by atoms with Crippen LogP contribution in [-0.2, 0) is 10.0 Å². The Morgan fingerprint density at radius 3 is 2.38 bits per heavy atom. The van der Waals surface area contributed by atoms with E-state index in [1.165, 1.54) is 24.7 Å². The van der Waals surface area contributed by atoms with Crippen molar-refractivity contribution in [2.75, 3.05) is 14.1 Å². The maximum Gasteiger partial charge on any atom is 0.270 e. The van der Waals surface area contributed by atoms with Crippen LogP contribution in [-0.4, -0.2) is 53.4 Å². The summed E-state index contributed by atoms with van der Waals surface area (Å²) in [6.07, 6.45) is 3.91. The molecule has 37 heavy (non-hydrogen) atoms. The molecule has 1 aliphatic rings. The van der Waals surface area contributed by atoms with E-state index in [-0.39, 0.29) is 28.3 Å². The van der Waals surface area contributed by atoms with Gasteiger partial charge in [-0.2, -0.15) is 5.10 Å². The average molecular weight is 558 g/mol. The van der Waals surface area contributed by atoms with Crippen LogP contribution in [0.4, 0.5) is 0 Å². The van der Waals surface area contributed by atoms with Crippen LogP contribution >= 0.6 is 23.2 Å². The Labute approximate surface area is 225 Å². The quantitative estimate of drug-likeness (QED) is 0.347. The fourth-order valence-corrected chi connectivity index (χ4v) is 5.75. The number of carbonyl (C=O) groups is 1. The minimum absolute atomic E-state index is 0.0539. The van der Waals surface area contributed by atoms with Crippen molar-refractivity contribution in [2.45, 2.75) is 36.8 Å². The van der Waals surface area contributed by atoms with E-state index >= 15 is 0 Å². The van der Waals surface area contributed by atoms with Crippen molar-refractivity contribution in [3.63, 3.8) is 0 Å². The third kappa shape index (κ3) is 4.84. The van der Waals surface area contributed by atoms with Crippen LogP contribution in [0.2, 0.25) is 10.0 Å². The number of carbonyl (C=O) groups excluding carboxylic acids is 1. The van der Waals surface area contributed by atoms with Gasteiger partial charge in [0.25, 0.3) is 15.9 Å². The van der Waals surface area contributed by atoms with Gasteiger partial charge in [0, 0.05) is 52.9 Å². The molecule has 1 N–H and O–H groups in total. The molecule has 0 spiro atoms. The molecule has 11 heteroatoms. The smallest absolute Gasteiger partial charge is 0.270 e. The molecule has 4 aromatic rings. The second-order valence-electron chi connectivity index (χ2n) is 9.17. The summed E-state index contributed by atoms with van der Waals surface area (Å²) in [6, 6.07) is 15.6. The average Bonchev–Trinajstić information content (AvgIpc) is 3.54. The van der Waals surface area contributed by atoms with Crippen LogP contribution in [0.1, 0.15) is 36.2 Å². The lowest BCUT2D eigenvalue weighted by Gasteiger charge is -2.19. The Morgan fingerprint density at radius 1 is 1.05 bits per heavy atom. The summed E-state index contributed by atoms with van der Waals surface area (Å²) in [5, 5.41) is 8.32. The Bertz CT molecular complexity index is 1590. The summed E-state index contributed by atoms with van der Waals surface area (Å²) in [6.45, 7) is 0. The number of rotatable bonds is 6. The number of hydrogen-bond acceptors (Lipinski definition) is 5. The fourth-order valence-electron chi connectivity index (χ4n) is 4.58. The molecule has 1 fully saturated rings. The third-order valence-electron chi connectivity index (χ3n) is 6.49. The summed E-state index contributed by atoms with van der Waals surface area (Å²) in [5.41, 5.74) is 2.54. The van der Waals surface area contributed by atoms with Gasteiger partial charge in [-0.1, -0.05) is 66.4 Å². The van der Waals surface area contributed by atoms with E-state index in [1.54, 1.807) is 42.5 Å². The maximum atomic E-state index is 13.7. The molecule has 0 aliphatic heterocycles. The third-order valence-corrected chi connectivity index (χ3v) is 8.76. The van der Waals surface area contributed by atoms with Crippen molar-refractivity contribution in [2.24, 2.45) is 0 Å². The van der Waals surface area contributed by atoms with E-state index in [9.17, 15) is 13.2 Å². The molecule has 1 aliphatic carbocycles. The van der Waals surface area contributed by atoms with Gasteiger partial charge in [0.05, 0.1) is 5.69 Å². The number of halogens is 2. The van der Waals surface area contributed by atoms with Gasteiger partial charge in [-0.3, -0.25) is 4.79 Å². The summed E-state index contributed by atoms with van der Waals surface area (Å²) in [5.74, 6) is -0.349. The number of amides is 1. The van der Waals surface area contributed by atoms with Gasteiger partial charge >= 0.3 is 0 Å². The lowest BCUT2D eigenvalue weighted by molar-refractivity contribution is 0.0933. The molecule has 0 saturated heterocycles. The number of fused-ring (bicyclic) bond motifs is 1. The van der Waals surface area contributed by atoms with Crippen molar-refractivity contribution in [3.8, 4) is 22.4 Å². The normalized spacial score (nSPS) is 14.5. The molecule has 2 aromatic carbocycles. The van der Waals surface area contributed by atoms with Crippen molar-refractivity contribution in [3.05, 3.63) is 70.3 Å². The van der Waals surface area contributed by atoms with Gasteiger partial charge in [-0.25, -0.2) is 22.2 Å². The minimum atomic E-state index is -3.87. The molecule has 0 atom stereocenters. The molecular weight excluding hydrogens is 533 g/mol. The lowest BCUT2D eigenvalue weighted by atomic mass is 9.96. The van der Waals surface area contributed by atoms with Gasteiger partial charge in [0.2, 0.25) is 0 Å². The van der Waals surface area contributed by atoms with E-state index in [2.05, 4.69) is 15.4 Å². The van der Waals surface area contributed by atoms with Crippen molar-refractivity contribution in [1.29, 1.82) is 0 Å². The van der Waals surface area contributed by atoms with Gasteiger partial charge in [0.1, 0.15) is 5.69 Å². The first-order chi connectivity index (χ1) is 17.7. The minimum Gasteiger partial charge on any atom is -0.348 e. The molecule has 0 bridgehead atoms. The number of nitrogens with one attached hydrogen (secondary N) is 1. The molecule has 1 saturated carbocycles. The SMILES string of the molecule is CN(C)S(=O)(=O)c1cc2nc(C(=O)NC3CCCC3)c(-c3ccccc3Cl)c(-c3ccc(Cl)cc3)n2n1. The summed E-state index contributed by atoms with van der Waals surface area (Å²) in [4.78, 5) is 18.4. The van der Waals surface area contributed by atoms with Crippen LogP contribution in [0.5, 0.6) is 0 Å². The van der Waals surface area contributed by atoms with Crippen LogP contribution in [0.3, 0.4) is 0 Å². The first-order valence-electron chi connectivity index (χ1n) is 11.8. The summed E-state index contributed by atoms with van der Waals surface area (Å²) < 4.78 is 28.4. The molecule has 5 rings (SSSR count). The van der Waals surface area contributed by atoms with Crippen molar-refractivity contribution in [1.82, 2.24) is 24.2 Å². The molecule has 192 valence electrons. The highest BCUT2D eigenvalue weighted by Crippen LogP contribution is 2.39. The predicted octanol–water partition coefficient (Wildman–Crippen LogP) is 5.29. The molecule has 2 aromatic heterocycles. The highest BCUT2D eigenvalue weighted by molar-refractivity contribution is 7.89. The second kappa shape index (κ2) is 10.1. The van der Waals surface area contributed by atoms with Crippen LogP contribution < -0.4 is 5.32 Å². The fraction of sp³-hybridized carbons (Fsp3) is 0.269.